The molecule has 31 heavy (non-hydrogen) atoms. The summed E-state index contributed by atoms with van der Waals surface area (Å²) in [5, 5.41) is 8.39. The minimum atomic E-state index is -0.347. The van der Waals surface area contributed by atoms with Gasteiger partial charge in [-0.05, 0) is 51.0 Å². The summed E-state index contributed by atoms with van der Waals surface area (Å²) in [6.07, 6.45) is 4.85. The molecule has 0 spiro atoms. The topological polar surface area (TPSA) is 77.1 Å². The molecule has 0 aliphatic carbocycles. The number of likely N-dealkylation sites (tertiary alicyclic amines) is 1. The summed E-state index contributed by atoms with van der Waals surface area (Å²) in [7, 11) is 0. The van der Waals surface area contributed by atoms with Crippen molar-refractivity contribution in [1.82, 2.24) is 24.9 Å². The molecule has 1 saturated heterocycles. The fourth-order valence-corrected chi connectivity index (χ4v) is 4.17. The second-order valence-electron chi connectivity index (χ2n) is 8.08. The van der Waals surface area contributed by atoms with Gasteiger partial charge >= 0.3 is 0 Å². The Balaban J connectivity index is 1.47. The number of amides is 1. The van der Waals surface area contributed by atoms with Crippen LogP contribution >= 0.6 is 0 Å². The van der Waals surface area contributed by atoms with Gasteiger partial charge < -0.3 is 9.32 Å². The second-order valence-corrected chi connectivity index (χ2v) is 8.08. The number of oxazole rings is 1. The Bertz CT molecular complexity index is 1250. The van der Waals surface area contributed by atoms with E-state index in [2.05, 4.69) is 22.1 Å². The van der Waals surface area contributed by atoms with E-state index in [1.54, 1.807) is 18.5 Å². The van der Waals surface area contributed by atoms with Gasteiger partial charge in [0.15, 0.2) is 11.5 Å². The fraction of sp³-hybridized carbons (Fsp3) is 0.304. The maximum absolute atomic E-state index is 13.6. The molecule has 0 saturated carbocycles. The summed E-state index contributed by atoms with van der Waals surface area (Å²) >= 11 is 0. The number of benzene rings is 2. The van der Waals surface area contributed by atoms with E-state index in [0.29, 0.717) is 34.8 Å². The molecule has 2 aromatic carbocycles. The van der Waals surface area contributed by atoms with E-state index < -0.39 is 0 Å². The number of nitrogens with zero attached hydrogens (tertiary/aromatic N) is 5. The number of piperidine rings is 1. The molecule has 7 nitrogen and oxygen atoms in total. The Labute approximate surface area is 178 Å². The summed E-state index contributed by atoms with van der Waals surface area (Å²) in [5.74, 6) is 0.0752. The van der Waals surface area contributed by atoms with Gasteiger partial charge in [-0.2, -0.15) is 15.0 Å². The van der Waals surface area contributed by atoms with Crippen molar-refractivity contribution < 1.29 is 13.6 Å². The Morgan fingerprint density at radius 1 is 1.13 bits per heavy atom. The van der Waals surface area contributed by atoms with Crippen LogP contribution in [0.3, 0.4) is 0 Å². The number of rotatable bonds is 3. The van der Waals surface area contributed by atoms with Gasteiger partial charge in [-0.1, -0.05) is 11.6 Å². The summed E-state index contributed by atoms with van der Waals surface area (Å²) in [5.41, 5.74) is 3.24. The largest absolute Gasteiger partial charge is 0.440 e. The normalized spacial score (nSPS) is 19.1. The van der Waals surface area contributed by atoms with E-state index in [4.69, 9.17) is 4.42 Å². The van der Waals surface area contributed by atoms with Crippen LogP contribution in [0.15, 0.2) is 53.2 Å². The molecule has 0 N–H and O–H groups in total. The lowest BCUT2D eigenvalue weighted by Gasteiger charge is -2.37. The van der Waals surface area contributed by atoms with Gasteiger partial charge in [-0.25, -0.2) is 9.37 Å². The third kappa shape index (κ3) is 3.58. The highest BCUT2D eigenvalue weighted by molar-refractivity contribution is 5.98. The second kappa shape index (κ2) is 7.61. The Morgan fingerprint density at radius 3 is 2.74 bits per heavy atom. The summed E-state index contributed by atoms with van der Waals surface area (Å²) in [4.78, 5) is 21.5. The summed E-state index contributed by atoms with van der Waals surface area (Å²) in [6, 6.07) is 10.1. The zero-order valence-electron chi connectivity index (χ0n) is 17.3. The van der Waals surface area contributed by atoms with E-state index in [1.807, 2.05) is 30.0 Å². The van der Waals surface area contributed by atoms with Crippen LogP contribution in [-0.4, -0.2) is 43.4 Å². The molecule has 2 unspecified atom stereocenters. The minimum Gasteiger partial charge on any atom is -0.440 e. The van der Waals surface area contributed by atoms with Crippen molar-refractivity contribution >= 4 is 17.0 Å². The molecule has 0 bridgehead atoms. The van der Waals surface area contributed by atoms with Crippen molar-refractivity contribution in [2.24, 2.45) is 0 Å². The van der Waals surface area contributed by atoms with E-state index in [-0.39, 0.29) is 23.7 Å². The highest BCUT2D eigenvalue weighted by Gasteiger charge is 2.34. The van der Waals surface area contributed by atoms with Crippen LogP contribution < -0.4 is 0 Å². The standard InChI is InChI=1S/C23H22FN5O2/c1-14-3-7-20(29-25-9-10-26-29)18(11-14)23(30)28-13-16(5-4-15(28)2)22-27-19-12-17(24)6-8-21(19)31-22/h3,6-12,15-16H,4-5,13H2,1-2H3. The number of fused-ring (bicyclic) bond motifs is 1. The number of aryl methyl sites for hydroxylation is 1. The van der Waals surface area contributed by atoms with Gasteiger partial charge in [0.05, 0.1) is 29.6 Å². The molecule has 158 valence electrons. The van der Waals surface area contributed by atoms with Gasteiger partial charge in [0, 0.05) is 18.7 Å². The minimum absolute atomic E-state index is 0.0494. The summed E-state index contributed by atoms with van der Waals surface area (Å²) in [6.45, 7) is 4.49. The third-order valence-electron chi connectivity index (χ3n) is 5.87. The van der Waals surface area contributed by atoms with Gasteiger partial charge in [0.2, 0.25) is 0 Å². The smallest absolute Gasteiger partial charge is 0.256 e. The van der Waals surface area contributed by atoms with E-state index in [0.717, 1.165) is 18.4 Å². The number of hydrogen-bond acceptors (Lipinski definition) is 5. The van der Waals surface area contributed by atoms with Crippen molar-refractivity contribution in [2.75, 3.05) is 6.54 Å². The number of carbonyl (C=O) groups excluding carboxylic acids is 1. The van der Waals surface area contributed by atoms with E-state index in [9.17, 15) is 9.18 Å². The maximum Gasteiger partial charge on any atom is 0.256 e. The van der Waals surface area contributed by atoms with Crippen molar-refractivity contribution in [3.8, 4) is 5.69 Å². The van der Waals surface area contributed by atoms with Crippen molar-refractivity contribution in [1.29, 1.82) is 0 Å². The van der Waals surface area contributed by atoms with Gasteiger partial charge in [-0.15, -0.1) is 0 Å². The number of halogens is 1. The maximum atomic E-state index is 13.6. The Kier molecular flexibility index (Phi) is 4.77. The predicted molar refractivity (Wildman–Crippen MR) is 113 cm³/mol. The lowest BCUT2D eigenvalue weighted by molar-refractivity contribution is 0.0597. The zero-order valence-corrected chi connectivity index (χ0v) is 17.3. The van der Waals surface area contributed by atoms with E-state index in [1.165, 1.54) is 16.9 Å². The molecule has 1 aliphatic rings. The third-order valence-corrected chi connectivity index (χ3v) is 5.87. The molecular weight excluding hydrogens is 397 g/mol. The molecule has 1 aliphatic heterocycles. The predicted octanol–water partition coefficient (Wildman–Crippen LogP) is 4.26. The first-order valence-corrected chi connectivity index (χ1v) is 10.3. The molecule has 3 heterocycles. The SMILES string of the molecule is Cc1ccc(-n2nccn2)c(C(=O)N2CC(c3nc4cc(F)ccc4o3)CCC2C)c1. The quantitative estimate of drug-likeness (QED) is 0.496. The molecule has 8 heteroatoms. The molecular formula is C23H22FN5O2. The van der Waals surface area contributed by atoms with Crippen LogP contribution in [0, 0.1) is 12.7 Å². The Morgan fingerprint density at radius 2 is 1.94 bits per heavy atom. The first kappa shape index (κ1) is 19.4. The molecule has 5 rings (SSSR count). The van der Waals surface area contributed by atoms with Crippen molar-refractivity contribution in [3.05, 3.63) is 71.6 Å². The van der Waals surface area contributed by atoms with Crippen molar-refractivity contribution in [3.63, 3.8) is 0 Å². The molecule has 2 atom stereocenters. The molecule has 1 fully saturated rings. The van der Waals surface area contributed by atoms with Crippen molar-refractivity contribution in [2.45, 2.75) is 38.6 Å². The van der Waals surface area contributed by atoms with Crippen LogP contribution in [0.2, 0.25) is 0 Å². The average Bonchev–Trinajstić information content (AvgIpc) is 3.43. The monoisotopic (exact) mass is 419 g/mol. The van der Waals surface area contributed by atoms with Gasteiger partial charge in [-0.3, -0.25) is 4.79 Å². The first-order valence-electron chi connectivity index (χ1n) is 10.3. The number of aromatic nitrogens is 4. The van der Waals surface area contributed by atoms with Gasteiger partial charge in [0.25, 0.3) is 5.91 Å². The molecule has 1 amide bonds. The van der Waals surface area contributed by atoms with Crippen LogP contribution in [0.25, 0.3) is 16.8 Å². The first-order chi connectivity index (χ1) is 15.0. The van der Waals surface area contributed by atoms with Crippen LogP contribution in [0.1, 0.15) is 47.5 Å². The van der Waals surface area contributed by atoms with Crippen LogP contribution in [0.4, 0.5) is 4.39 Å². The van der Waals surface area contributed by atoms with Crippen LogP contribution in [0.5, 0.6) is 0 Å². The van der Waals surface area contributed by atoms with E-state index >= 15 is 0 Å². The molecule has 2 aromatic heterocycles. The molecule has 0 radical (unpaired) electrons. The molecule has 4 aromatic rings. The lowest BCUT2D eigenvalue weighted by Crippen LogP contribution is -2.45. The van der Waals surface area contributed by atoms with Gasteiger partial charge in [0.1, 0.15) is 11.3 Å². The Hall–Kier alpha value is -3.55. The average molecular weight is 419 g/mol. The fourth-order valence-electron chi connectivity index (χ4n) is 4.17. The number of hydrogen-bond donors (Lipinski definition) is 0. The highest BCUT2D eigenvalue weighted by Crippen LogP contribution is 2.33. The number of carbonyl (C=O) groups is 1. The zero-order chi connectivity index (χ0) is 21.5. The highest BCUT2D eigenvalue weighted by atomic mass is 19.1. The lowest BCUT2D eigenvalue weighted by atomic mass is 9.92. The van der Waals surface area contributed by atoms with Crippen LogP contribution in [-0.2, 0) is 0 Å². The summed E-state index contributed by atoms with van der Waals surface area (Å²) < 4.78 is 19.4.